The van der Waals surface area contributed by atoms with Crippen LogP contribution in [0, 0.1) is 5.41 Å². The molecule has 2 aromatic heterocycles. The van der Waals surface area contributed by atoms with E-state index in [0.717, 1.165) is 0 Å². The molecule has 0 radical (unpaired) electrons. The fourth-order valence-corrected chi connectivity index (χ4v) is 2.28. The molecule has 0 unspecified atom stereocenters. The third kappa shape index (κ3) is 2.66. The molecule has 0 aliphatic carbocycles. The first kappa shape index (κ1) is 13.7. The van der Waals surface area contributed by atoms with Crippen molar-refractivity contribution in [2.45, 2.75) is 26.7 Å². The number of carbonyl (C=O) groups is 1. The summed E-state index contributed by atoms with van der Waals surface area (Å²) in [7, 11) is 0. The smallest absolute Gasteiger partial charge is 0.233 e. The lowest BCUT2D eigenvalue weighted by Gasteiger charge is -2.40. The number of nitrogens with zero attached hydrogens (tertiary/aromatic N) is 4. The molecule has 1 aliphatic heterocycles. The highest BCUT2D eigenvalue weighted by Gasteiger charge is 2.39. The Morgan fingerprint density at radius 3 is 2.71 bits per heavy atom. The van der Waals surface area contributed by atoms with Gasteiger partial charge in [0.2, 0.25) is 17.6 Å². The van der Waals surface area contributed by atoms with Crippen LogP contribution in [0.2, 0.25) is 0 Å². The van der Waals surface area contributed by atoms with Crippen LogP contribution in [-0.2, 0) is 4.79 Å². The Labute approximate surface area is 123 Å². The van der Waals surface area contributed by atoms with Crippen LogP contribution in [0.15, 0.2) is 28.9 Å². The topological polar surface area (TPSA) is 72.1 Å². The van der Waals surface area contributed by atoms with Crippen LogP contribution in [0.4, 0.5) is 0 Å². The molecular weight excluding hydrogens is 268 g/mol. The Balaban J connectivity index is 1.66. The van der Waals surface area contributed by atoms with Crippen LogP contribution in [0.1, 0.15) is 32.6 Å². The van der Waals surface area contributed by atoms with Gasteiger partial charge in [-0.15, -0.1) is 0 Å². The van der Waals surface area contributed by atoms with Crippen LogP contribution in [0.3, 0.4) is 0 Å². The lowest BCUT2D eigenvalue weighted by molar-refractivity contribution is -0.144. The van der Waals surface area contributed by atoms with Gasteiger partial charge in [-0.2, -0.15) is 4.98 Å². The first-order valence-corrected chi connectivity index (χ1v) is 6.99. The van der Waals surface area contributed by atoms with E-state index in [-0.39, 0.29) is 17.2 Å². The lowest BCUT2D eigenvalue weighted by Crippen LogP contribution is -2.52. The number of rotatable bonds is 2. The molecule has 0 N–H and O–H groups in total. The van der Waals surface area contributed by atoms with Crippen LogP contribution in [-0.4, -0.2) is 39.0 Å². The summed E-state index contributed by atoms with van der Waals surface area (Å²) >= 11 is 0. The molecule has 1 amide bonds. The van der Waals surface area contributed by atoms with Gasteiger partial charge in [-0.1, -0.05) is 32.0 Å². The predicted octanol–water partition coefficient (Wildman–Crippen LogP) is 2.10. The van der Waals surface area contributed by atoms with E-state index >= 15 is 0 Å². The molecule has 21 heavy (non-hydrogen) atoms. The zero-order valence-electron chi connectivity index (χ0n) is 12.4. The summed E-state index contributed by atoms with van der Waals surface area (Å²) in [5.74, 6) is 1.35. The van der Waals surface area contributed by atoms with E-state index in [4.69, 9.17) is 4.52 Å². The Bertz CT molecular complexity index is 639. The molecule has 2 aromatic rings. The Morgan fingerprint density at radius 1 is 1.33 bits per heavy atom. The van der Waals surface area contributed by atoms with Crippen molar-refractivity contribution in [1.29, 1.82) is 0 Å². The second kappa shape index (κ2) is 4.95. The molecule has 1 saturated heterocycles. The maximum absolute atomic E-state index is 12.1. The number of hydrogen-bond acceptors (Lipinski definition) is 5. The van der Waals surface area contributed by atoms with E-state index in [1.807, 2.05) is 43.9 Å². The molecule has 0 saturated carbocycles. The van der Waals surface area contributed by atoms with E-state index in [0.29, 0.717) is 30.5 Å². The summed E-state index contributed by atoms with van der Waals surface area (Å²) in [6, 6.07) is 5.56. The van der Waals surface area contributed by atoms with Crippen LogP contribution in [0.5, 0.6) is 0 Å². The number of likely N-dealkylation sites (tertiary alicyclic amines) is 1. The molecule has 6 nitrogen and oxygen atoms in total. The second-order valence-electron chi connectivity index (χ2n) is 6.33. The van der Waals surface area contributed by atoms with Crippen molar-refractivity contribution in [3.8, 4) is 11.5 Å². The van der Waals surface area contributed by atoms with Crippen molar-refractivity contribution in [2.24, 2.45) is 5.41 Å². The SMILES string of the molecule is CC(C)(C)C(=O)N1CC(c2nc(-c3ccccn3)no2)C1. The highest BCUT2D eigenvalue weighted by Crippen LogP contribution is 2.30. The van der Waals surface area contributed by atoms with Gasteiger partial charge >= 0.3 is 0 Å². The van der Waals surface area contributed by atoms with Gasteiger partial charge in [0.25, 0.3) is 0 Å². The van der Waals surface area contributed by atoms with Crippen molar-refractivity contribution in [1.82, 2.24) is 20.0 Å². The largest absolute Gasteiger partial charge is 0.341 e. The first-order valence-electron chi connectivity index (χ1n) is 6.99. The van der Waals surface area contributed by atoms with Crippen molar-refractivity contribution >= 4 is 5.91 Å². The normalized spacial score (nSPS) is 15.9. The maximum atomic E-state index is 12.1. The number of hydrogen-bond donors (Lipinski definition) is 0. The van der Waals surface area contributed by atoms with Gasteiger partial charge in [-0.25, -0.2) is 0 Å². The zero-order valence-corrected chi connectivity index (χ0v) is 12.4. The van der Waals surface area contributed by atoms with E-state index in [2.05, 4.69) is 15.1 Å². The molecule has 0 aromatic carbocycles. The van der Waals surface area contributed by atoms with E-state index in [1.165, 1.54) is 0 Å². The summed E-state index contributed by atoms with van der Waals surface area (Å²) in [6.07, 6.45) is 1.69. The fourth-order valence-electron chi connectivity index (χ4n) is 2.28. The van der Waals surface area contributed by atoms with Gasteiger partial charge in [0.05, 0.1) is 5.92 Å². The fraction of sp³-hybridized carbons (Fsp3) is 0.467. The average Bonchev–Trinajstić information content (AvgIpc) is 2.86. The van der Waals surface area contributed by atoms with Crippen molar-refractivity contribution < 1.29 is 9.32 Å². The molecule has 0 spiro atoms. The molecule has 1 aliphatic rings. The third-order valence-electron chi connectivity index (χ3n) is 3.50. The van der Waals surface area contributed by atoms with Crippen molar-refractivity contribution in [3.05, 3.63) is 30.3 Å². The Kier molecular flexibility index (Phi) is 3.23. The summed E-state index contributed by atoms with van der Waals surface area (Å²) in [5, 5.41) is 3.96. The minimum atomic E-state index is -0.348. The lowest BCUT2D eigenvalue weighted by atomic mass is 9.90. The molecule has 3 rings (SSSR count). The molecule has 0 bridgehead atoms. The van der Waals surface area contributed by atoms with Gasteiger partial charge in [-0.3, -0.25) is 9.78 Å². The monoisotopic (exact) mass is 286 g/mol. The summed E-state index contributed by atoms with van der Waals surface area (Å²) in [4.78, 5) is 22.5. The van der Waals surface area contributed by atoms with Crippen molar-refractivity contribution in [2.75, 3.05) is 13.1 Å². The van der Waals surface area contributed by atoms with Crippen molar-refractivity contribution in [3.63, 3.8) is 0 Å². The van der Waals surface area contributed by atoms with Gasteiger partial charge in [0, 0.05) is 24.7 Å². The number of aromatic nitrogens is 3. The Morgan fingerprint density at radius 2 is 2.10 bits per heavy atom. The van der Waals surface area contributed by atoms with Gasteiger partial charge in [0.1, 0.15) is 5.69 Å². The molecule has 3 heterocycles. The standard InChI is InChI=1S/C15H18N4O2/c1-15(2,3)14(20)19-8-10(9-19)13-17-12(18-21-13)11-6-4-5-7-16-11/h4-7,10H,8-9H2,1-3H3. The summed E-state index contributed by atoms with van der Waals surface area (Å²) in [6.45, 7) is 7.05. The highest BCUT2D eigenvalue weighted by atomic mass is 16.5. The van der Waals surface area contributed by atoms with E-state index in [9.17, 15) is 4.79 Å². The Hall–Kier alpha value is -2.24. The molecule has 1 fully saturated rings. The first-order chi connectivity index (χ1) is 9.95. The van der Waals surface area contributed by atoms with Crippen LogP contribution >= 0.6 is 0 Å². The summed E-state index contributed by atoms with van der Waals surface area (Å²) in [5.41, 5.74) is 0.341. The average molecular weight is 286 g/mol. The number of carbonyl (C=O) groups excluding carboxylic acids is 1. The second-order valence-corrected chi connectivity index (χ2v) is 6.33. The minimum absolute atomic E-state index is 0.126. The van der Waals surface area contributed by atoms with E-state index < -0.39 is 0 Å². The molecule has 0 atom stereocenters. The van der Waals surface area contributed by atoms with Crippen LogP contribution < -0.4 is 0 Å². The summed E-state index contributed by atoms with van der Waals surface area (Å²) < 4.78 is 5.30. The quantitative estimate of drug-likeness (QED) is 0.845. The third-order valence-corrected chi connectivity index (χ3v) is 3.50. The van der Waals surface area contributed by atoms with E-state index in [1.54, 1.807) is 6.20 Å². The minimum Gasteiger partial charge on any atom is -0.341 e. The number of pyridine rings is 1. The van der Waals surface area contributed by atoms with Gasteiger partial charge in [-0.05, 0) is 12.1 Å². The highest BCUT2D eigenvalue weighted by molar-refractivity contribution is 5.82. The number of amides is 1. The molecular formula is C15H18N4O2. The predicted molar refractivity (Wildman–Crippen MR) is 76.3 cm³/mol. The van der Waals surface area contributed by atoms with Gasteiger partial charge < -0.3 is 9.42 Å². The maximum Gasteiger partial charge on any atom is 0.233 e. The molecule has 110 valence electrons. The van der Waals surface area contributed by atoms with Gasteiger partial charge in [0.15, 0.2) is 0 Å². The zero-order chi connectivity index (χ0) is 15.0. The molecule has 6 heteroatoms. The van der Waals surface area contributed by atoms with Crippen LogP contribution in [0.25, 0.3) is 11.5 Å².